The second-order valence-electron chi connectivity index (χ2n) is 6.12. The van der Waals surface area contributed by atoms with Gasteiger partial charge < -0.3 is 20.4 Å². The zero-order chi connectivity index (χ0) is 19.7. The minimum absolute atomic E-state index is 0.0703. The van der Waals surface area contributed by atoms with Gasteiger partial charge in [-0.1, -0.05) is 18.7 Å². The van der Waals surface area contributed by atoms with Crippen molar-refractivity contribution in [3.63, 3.8) is 0 Å². The van der Waals surface area contributed by atoms with Crippen molar-refractivity contribution in [2.75, 3.05) is 0 Å². The molecule has 2 amide bonds. The van der Waals surface area contributed by atoms with Crippen molar-refractivity contribution in [2.45, 2.75) is 29.1 Å². The fraction of sp³-hybridized carbons (Fsp3) is 0.278. The van der Waals surface area contributed by atoms with E-state index in [1.807, 2.05) is 0 Å². The predicted molar refractivity (Wildman–Crippen MR) is 96.2 cm³/mol. The second-order valence-corrected chi connectivity index (χ2v) is 7.42. The van der Waals surface area contributed by atoms with E-state index in [9.17, 15) is 24.3 Å². The number of thioether (sulfide) groups is 1. The molecule has 0 bridgehead atoms. The van der Waals surface area contributed by atoms with Crippen LogP contribution in [0.4, 0.5) is 0 Å². The third-order valence-corrected chi connectivity index (χ3v) is 5.86. The van der Waals surface area contributed by atoms with Gasteiger partial charge in [0, 0.05) is 0 Å². The Balaban J connectivity index is 1.67. The van der Waals surface area contributed by atoms with Gasteiger partial charge in [0.05, 0.1) is 17.2 Å². The van der Waals surface area contributed by atoms with Crippen LogP contribution in [0.25, 0.3) is 0 Å². The maximum absolute atomic E-state index is 12.3. The number of carboxylic acid groups (broad SMARTS) is 2. The molecule has 2 heterocycles. The van der Waals surface area contributed by atoms with Crippen molar-refractivity contribution in [3.8, 4) is 0 Å². The number of hydrogen-bond acceptors (Lipinski definition) is 5. The number of benzene rings is 1. The summed E-state index contributed by atoms with van der Waals surface area (Å²) in [4.78, 5) is 48.3. The maximum Gasteiger partial charge on any atom is 0.335 e. The summed E-state index contributed by atoms with van der Waals surface area (Å²) in [7, 11) is 0. The zero-order valence-electron chi connectivity index (χ0n) is 14.0. The summed E-state index contributed by atoms with van der Waals surface area (Å²) in [6.07, 6.45) is 1.42. The van der Waals surface area contributed by atoms with Crippen LogP contribution in [-0.2, 0) is 20.8 Å². The number of carboxylic acids is 2. The molecule has 4 atom stereocenters. The number of carbonyl (C=O) groups excluding carboxylic acids is 2. The van der Waals surface area contributed by atoms with Gasteiger partial charge >= 0.3 is 11.9 Å². The average molecular weight is 388 g/mol. The molecule has 2 aliphatic heterocycles. The summed E-state index contributed by atoms with van der Waals surface area (Å²) in [5.74, 6) is -3.10. The molecule has 0 spiro atoms. The molecule has 0 saturated carbocycles. The van der Waals surface area contributed by atoms with Gasteiger partial charge in [-0.2, -0.15) is 0 Å². The molecular weight excluding hydrogens is 372 g/mol. The van der Waals surface area contributed by atoms with E-state index >= 15 is 0 Å². The topological polar surface area (TPSA) is 124 Å². The predicted octanol–water partition coefficient (Wildman–Crippen LogP) is 0.490. The van der Waals surface area contributed by atoms with Crippen molar-refractivity contribution in [2.24, 2.45) is 0 Å². The second kappa shape index (κ2) is 7.30. The number of amides is 2. The third kappa shape index (κ3) is 3.47. The highest BCUT2D eigenvalue weighted by atomic mass is 32.2. The van der Waals surface area contributed by atoms with E-state index in [0.29, 0.717) is 5.56 Å². The fourth-order valence-electron chi connectivity index (χ4n) is 3.18. The lowest BCUT2D eigenvalue weighted by Gasteiger charge is -2.43. The number of rotatable bonds is 6. The first-order valence-corrected chi connectivity index (χ1v) is 8.95. The van der Waals surface area contributed by atoms with E-state index in [2.05, 4.69) is 17.6 Å². The van der Waals surface area contributed by atoms with E-state index in [4.69, 9.17) is 5.11 Å². The van der Waals surface area contributed by atoms with Gasteiger partial charge in [-0.15, -0.1) is 17.5 Å². The minimum atomic E-state index is -1.12. The summed E-state index contributed by atoms with van der Waals surface area (Å²) in [5.41, 5.74) is 3.12. The Labute approximate surface area is 158 Å². The van der Waals surface area contributed by atoms with Gasteiger partial charge in [0.1, 0.15) is 17.5 Å². The van der Waals surface area contributed by atoms with Crippen molar-refractivity contribution in [3.05, 3.63) is 53.8 Å². The lowest BCUT2D eigenvalue weighted by Crippen LogP contribution is -2.70. The molecule has 0 aromatic heterocycles. The number of carbonyl (C=O) groups is 4. The molecule has 1 aromatic carbocycles. The number of β-lactam (4-membered cyclic amide) rings is 1. The van der Waals surface area contributed by atoms with E-state index in [0.717, 1.165) is 0 Å². The van der Waals surface area contributed by atoms with Crippen molar-refractivity contribution >= 4 is 35.5 Å². The molecule has 8 nitrogen and oxygen atoms in total. The monoisotopic (exact) mass is 388 g/mol. The molecule has 3 rings (SSSR count). The molecule has 2 saturated heterocycles. The van der Waals surface area contributed by atoms with E-state index in [1.165, 1.54) is 34.9 Å². The number of aromatic carboxylic acids is 1. The lowest BCUT2D eigenvalue weighted by atomic mass is 10.0. The van der Waals surface area contributed by atoms with Crippen molar-refractivity contribution in [1.82, 2.24) is 10.2 Å². The Morgan fingerprint density at radius 3 is 2.70 bits per heavy atom. The molecule has 0 radical (unpaired) electrons. The van der Waals surface area contributed by atoms with E-state index in [-0.39, 0.29) is 12.0 Å². The van der Waals surface area contributed by atoms with Crippen LogP contribution in [0.3, 0.4) is 0 Å². The van der Waals surface area contributed by atoms with Gasteiger partial charge in [-0.05, 0) is 23.8 Å². The molecular formula is C18H16N2O6S. The van der Waals surface area contributed by atoms with Crippen LogP contribution in [0, 0.1) is 0 Å². The van der Waals surface area contributed by atoms with Crippen molar-refractivity contribution in [1.29, 1.82) is 0 Å². The normalized spacial score (nSPS) is 25.8. The van der Waals surface area contributed by atoms with Crippen LogP contribution >= 0.6 is 11.8 Å². The molecule has 2 fully saturated rings. The smallest absolute Gasteiger partial charge is 0.335 e. The maximum atomic E-state index is 12.3. The molecule has 27 heavy (non-hydrogen) atoms. The molecule has 9 heteroatoms. The fourth-order valence-corrected chi connectivity index (χ4v) is 4.78. The summed E-state index contributed by atoms with van der Waals surface area (Å²) < 4.78 is 0. The van der Waals surface area contributed by atoms with E-state index in [1.54, 1.807) is 12.1 Å². The SMILES string of the molecule is C=C=C[C@H]1S[C@@H]2C(NC(=O)Cc3cccc(C(=O)O)c3)C(=O)N2C1C(=O)O. The summed E-state index contributed by atoms with van der Waals surface area (Å²) in [6, 6.07) is 4.16. The van der Waals surface area contributed by atoms with E-state index < -0.39 is 46.5 Å². The highest BCUT2D eigenvalue weighted by Crippen LogP contribution is 2.44. The summed E-state index contributed by atoms with van der Waals surface area (Å²) in [5, 5.41) is 20.0. The van der Waals surface area contributed by atoms with Gasteiger partial charge in [0.15, 0.2) is 0 Å². The molecule has 140 valence electrons. The van der Waals surface area contributed by atoms with Crippen LogP contribution < -0.4 is 5.32 Å². The van der Waals surface area contributed by atoms with Crippen LogP contribution in [0.15, 0.2) is 42.7 Å². The number of nitrogens with zero attached hydrogens (tertiary/aromatic N) is 1. The largest absolute Gasteiger partial charge is 0.480 e. The van der Waals surface area contributed by atoms with Gasteiger partial charge in [0.2, 0.25) is 11.8 Å². The number of nitrogens with one attached hydrogen (secondary N) is 1. The number of hydrogen-bond donors (Lipinski definition) is 3. The first kappa shape index (κ1) is 18.8. The third-order valence-electron chi connectivity index (χ3n) is 4.38. The van der Waals surface area contributed by atoms with Crippen LogP contribution in [0.2, 0.25) is 0 Å². The van der Waals surface area contributed by atoms with Crippen LogP contribution in [0.1, 0.15) is 15.9 Å². The summed E-state index contributed by atoms with van der Waals surface area (Å²) in [6.45, 7) is 3.44. The highest BCUT2D eigenvalue weighted by Gasteiger charge is 2.60. The first-order chi connectivity index (χ1) is 12.8. The van der Waals surface area contributed by atoms with Crippen molar-refractivity contribution < 1.29 is 29.4 Å². The van der Waals surface area contributed by atoms with Crippen LogP contribution in [0.5, 0.6) is 0 Å². The average Bonchev–Trinajstić information content (AvgIpc) is 2.96. The zero-order valence-corrected chi connectivity index (χ0v) is 14.8. The Bertz CT molecular complexity index is 878. The molecule has 0 aliphatic carbocycles. The Morgan fingerprint density at radius 2 is 2.07 bits per heavy atom. The molecule has 2 aliphatic rings. The minimum Gasteiger partial charge on any atom is -0.480 e. The van der Waals surface area contributed by atoms with Gasteiger partial charge in [-0.3, -0.25) is 9.59 Å². The Hall–Kier alpha value is -3.03. The number of aliphatic carboxylic acids is 1. The van der Waals surface area contributed by atoms with Gasteiger partial charge in [-0.25, -0.2) is 9.59 Å². The Kier molecular flexibility index (Phi) is 5.07. The standard InChI is InChI=1S/C18H16N2O6S/c1-2-4-11-14(18(25)26)20-15(22)13(16(20)27-11)19-12(21)8-9-5-3-6-10(7-9)17(23)24/h3-7,11,13-14,16H,1,8H2,(H,19,21)(H,23,24)(H,25,26)/t11-,13?,14?,16-/m1/s1. The highest BCUT2D eigenvalue weighted by molar-refractivity contribution is 8.01. The molecule has 3 N–H and O–H groups in total. The molecule has 2 unspecified atom stereocenters. The quantitative estimate of drug-likeness (QED) is 0.479. The van der Waals surface area contributed by atoms with Gasteiger partial charge in [0.25, 0.3) is 0 Å². The lowest BCUT2D eigenvalue weighted by molar-refractivity contribution is -0.159. The van der Waals surface area contributed by atoms with Crippen LogP contribution in [-0.4, -0.2) is 61.6 Å². The Morgan fingerprint density at radius 1 is 1.33 bits per heavy atom. The number of fused-ring (bicyclic) bond motifs is 1. The molecule has 1 aromatic rings. The first-order valence-electron chi connectivity index (χ1n) is 8.01. The summed E-state index contributed by atoms with van der Waals surface area (Å²) >= 11 is 1.26.